The average molecular weight is 657 g/mol. The van der Waals surface area contributed by atoms with E-state index in [9.17, 15) is 4.79 Å². The van der Waals surface area contributed by atoms with Crippen LogP contribution in [0.5, 0.6) is 5.75 Å². The number of amides is 1. The van der Waals surface area contributed by atoms with E-state index >= 15 is 0 Å². The van der Waals surface area contributed by atoms with Crippen molar-refractivity contribution in [3.8, 4) is 5.75 Å². The smallest absolute Gasteiger partial charge is 0.323 e. The molecule has 0 atom stereocenters. The average Bonchev–Trinajstić information content (AvgIpc) is 2.95. The quantitative estimate of drug-likeness (QED) is 0.0994. The number of aryl methyl sites for hydroxylation is 2. The minimum absolute atomic E-state index is 0. The number of halogens is 1. The number of nitrogens with zero attached hydrogens (tertiary/aromatic N) is 2. The summed E-state index contributed by atoms with van der Waals surface area (Å²) in [7, 11) is 1.91. The van der Waals surface area contributed by atoms with Crippen molar-refractivity contribution < 1.29 is 38.1 Å². The molecule has 40 heavy (non-hydrogen) atoms. The largest absolute Gasteiger partial charge is 1.00 e. The van der Waals surface area contributed by atoms with E-state index in [4.69, 9.17) is 4.74 Å². The lowest BCUT2D eigenvalue weighted by molar-refractivity contribution is -0.673. The Hall–Kier alpha value is -2.41. The minimum Gasteiger partial charge on any atom is -1.00 e. The van der Waals surface area contributed by atoms with Crippen molar-refractivity contribution in [3.05, 3.63) is 89.7 Å². The van der Waals surface area contributed by atoms with Gasteiger partial charge in [-0.3, -0.25) is 9.69 Å². The number of unbranched alkanes of at least 4 members (excludes halogenated alkanes) is 11. The molecule has 1 aromatic heterocycles. The lowest BCUT2D eigenvalue weighted by atomic mass is 10.1. The van der Waals surface area contributed by atoms with Gasteiger partial charge in [0.15, 0.2) is 6.20 Å². The van der Waals surface area contributed by atoms with Crippen LogP contribution in [0.3, 0.4) is 0 Å². The van der Waals surface area contributed by atoms with E-state index in [2.05, 4.69) is 26.0 Å². The first kappa shape index (κ1) is 33.8. The van der Waals surface area contributed by atoms with Gasteiger partial charge in [0.1, 0.15) is 12.8 Å². The summed E-state index contributed by atoms with van der Waals surface area (Å²) in [6, 6.07) is 21.9. The van der Waals surface area contributed by atoms with Gasteiger partial charge in [-0.1, -0.05) is 102 Å². The van der Waals surface area contributed by atoms with Gasteiger partial charge in [-0.25, -0.2) is 0 Å². The summed E-state index contributed by atoms with van der Waals surface area (Å²) in [6.07, 6.45) is 18.0. The van der Waals surface area contributed by atoms with Crippen LogP contribution in [0.25, 0.3) is 0 Å². The van der Waals surface area contributed by atoms with E-state index < -0.39 is 0 Å². The Balaban J connectivity index is 0.00000560. The fraction of sp³-hybridized carbons (Fsp3) is 0.486. The molecule has 3 rings (SSSR count). The van der Waals surface area contributed by atoms with Gasteiger partial charge in [0.05, 0.1) is 13.2 Å². The second kappa shape index (κ2) is 19.6. The summed E-state index contributed by atoms with van der Waals surface area (Å²) >= 11 is 0. The Morgan fingerprint density at radius 2 is 1.38 bits per heavy atom. The molecule has 0 saturated heterocycles. The van der Waals surface area contributed by atoms with E-state index in [1.807, 2.05) is 77.3 Å². The zero-order valence-corrected chi connectivity index (χ0v) is 27.1. The van der Waals surface area contributed by atoms with Gasteiger partial charge >= 0.3 is 5.91 Å². The number of hydrogen-bond acceptors (Lipinski definition) is 2. The first-order chi connectivity index (χ1) is 19.1. The van der Waals surface area contributed by atoms with Gasteiger partial charge in [-0.15, -0.1) is 0 Å². The normalized spacial score (nSPS) is 10.7. The number of para-hydroxylation sites is 1. The molecule has 5 heteroatoms. The number of carbonyl (C=O) groups excluding carboxylic acids is 1. The second-order valence-corrected chi connectivity index (χ2v) is 10.7. The Bertz CT molecular complexity index is 1120. The molecule has 0 spiro atoms. The van der Waals surface area contributed by atoms with Gasteiger partial charge < -0.3 is 28.7 Å². The van der Waals surface area contributed by atoms with Crippen molar-refractivity contribution >= 4 is 11.6 Å². The van der Waals surface area contributed by atoms with E-state index in [0.29, 0.717) is 12.2 Å². The summed E-state index contributed by atoms with van der Waals surface area (Å²) < 4.78 is 7.94. The molecule has 0 fully saturated rings. The maximum Gasteiger partial charge on any atom is 0.323 e. The molecule has 0 aliphatic carbocycles. The van der Waals surface area contributed by atoms with Gasteiger partial charge in [-0.05, 0) is 54.8 Å². The summed E-state index contributed by atoms with van der Waals surface area (Å²) in [4.78, 5) is 15.4. The highest BCUT2D eigenvalue weighted by molar-refractivity contribution is 6.03. The number of anilines is 1. The Morgan fingerprint density at radius 1 is 0.775 bits per heavy atom. The third-order valence-corrected chi connectivity index (χ3v) is 7.50. The predicted molar refractivity (Wildman–Crippen MR) is 162 cm³/mol. The Morgan fingerprint density at radius 3 is 1.98 bits per heavy atom. The van der Waals surface area contributed by atoms with Crippen LogP contribution in [-0.2, 0) is 13.6 Å². The highest BCUT2D eigenvalue weighted by Gasteiger charge is 2.25. The van der Waals surface area contributed by atoms with Crippen molar-refractivity contribution in [2.75, 3.05) is 11.5 Å². The maximum absolute atomic E-state index is 13.6. The molecular weight excluding hydrogens is 607 g/mol. The number of aromatic nitrogens is 1. The topological polar surface area (TPSA) is 33.4 Å². The fourth-order valence-corrected chi connectivity index (χ4v) is 5.01. The van der Waals surface area contributed by atoms with Crippen molar-refractivity contribution in [3.63, 3.8) is 0 Å². The molecule has 0 aliphatic heterocycles. The third kappa shape index (κ3) is 11.6. The van der Waals surface area contributed by atoms with Crippen LogP contribution in [0.1, 0.15) is 106 Å². The van der Waals surface area contributed by atoms with Crippen LogP contribution in [0, 0.1) is 6.92 Å². The second-order valence-electron chi connectivity index (χ2n) is 10.7. The first-order valence-corrected chi connectivity index (χ1v) is 15.1. The molecule has 0 N–H and O–H groups in total. The summed E-state index contributed by atoms with van der Waals surface area (Å²) in [5.41, 5.74) is 3.79. The highest BCUT2D eigenvalue weighted by atomic mass is 127. The van der Waals surface area contributed by atoms with Crippen LogP contribution >= 0.6 is 0 Å². The number of carbonyl (C=O) groups is 1. The molecule has 0 saturated carbocycles. The molecule has 3 aromatic rings. The summed E-state index contributed by atoms with van der Waals surface area (Å²) in [6.45, 7) is 5.64. The molecule has 4 nitrogen and oxygen atoms in total. The van der Waals surface area contributed by atoms with Gasteiger partial charge in [0.25, 0.3) is 5.69 Å². The van der Waals surface area contributed by atoms with E-state index in [0.717, 1.165) is 35.6 Å². The van der Waals surface area contributed by atoms with Crippen molar-refractivity contribution in [1.82, 2.24) is 0 Å². The van der Waals surface area contributed by atoms with Gasteiger partial charge in [0.2, 0.25) is 0 Å². The number of rotatable bonds is 18. The minimum atomic E-state index is -0.0176. The van der Waals surface area contributed by atoms with Crippen LogP contribution in [0.4, 0.5) is 5.69 Å². The molecular formula is C35H49IN2O2. The van der Waals surface area contributed by atoms with Crippen LogP contribution in [0.15, 0.2) is 72.9 Å². The number of pyridine rings is 1. The third-order valence-electron chi connectivity index (χ3n) is 7.50. The van der Waals surface area contributed by atoms with Gasteiger partial charge in [-0.2, -0.15) is 4.57 Å². The van der Waals surface area contributed by atoms with Crippen molar-refractivity contribution in [1.29, 1.82) is 0 Å². The molecule has 218 valence electrons. The lowest BCUT2D eigenvalue weighted by Gasteiger charge is -2.23. The maximum atomic E-state index is 13.6. The fourth-order valence-electron chi connectivity index (χ4n) is 5.01. The van der Waals surface area contributed by atoms with E-state index in [1.54, 1.807) is 0 Å². The molecule has 0 bridgehead atoms. The van der Waals surface area contributed by atoms with Crippen LogP contribution in [-0.4, -0.2) is 12.5 Å². The standard InChI is InChI=1S/C35H49N2O2.HI/c1-4-5-6-7-8-9-10-11-12-13-14-20-27-39-33-25-24-31(30(2)28-33)29-37(32-21-16-15-17-22-32)35(38)34-23-18-19-26-36(34)3;/h15-19,21-26,28H,4-14,20,27,29H2,1-3H3;1H/q+1;/p-1. The molecule has 2 aromatic carbocycles. The van der Waals surface area contributed by atoms with Gasteiger partial charge in [0, 0.05) is 17.8 Å². The molecule has 1 heterocycles. The number of hydrogen-bond donors (Lipinski definition) is 0. The zero-order valence-electron chi connectivity index (χ0n) is 24.9. The summed E-state index contributed by atoms with van der Waals surface area (Å²) in [5, 5.41) is 0. The molecule has 1 amide bonds. The molecule has 0 aliphatic rings. The van der Waals surface area contributed by atoms with Crippen molar-refractivity contribution in [2.24, 2.45) is 7.05 Å². The number of ether oxygens (including phenoxy) is 1. The van der Waals surface area contributed by atoms with Crippen LogP contribution in [0.2, 0.25) is 0 Å². The van der Waals surface area contributed by atoms with Crippen LogP contribution < -0.4 is 38.2 Å². The lowest BCUT2D eigenvalue weighted by Crippen LogP contribution is -3.00. The monoisotopic (exact) mass is 656 g/mol. The van der Waals surface area contributed by atoms with E-state index in [1.165, 1.54) is 70.6 Å². The first-order valence-electron chi connectivity index (χ1n) is 15.1. The SMILES string of the molecule is CCCCCCCCCCCCCCOc1ccc(CN(C(=O)c2cccc[n+]2C)c2ccccc2)c(C)c1.[I-]. The highest BCUT2D eigenvalue weighted by Crippen LogP contribution is 2.24. The molecule has 0 unspecified atom stereocenters. The molecule has 0 radical (unpaired) electrons. The Kier molecular flexibility index (Phi) is 16.6. The number of benzene rings is 2. The Labute approximate surface area is 260 Å². The van der Waals surface area contributed by atoms with E-state index in [-0.39, 0.29) is 29.9 Å². The van der Waals surface area contributed by atoms with Crippen molar-refractivity contribution in [2.45, 2.75) is 97.4 Å². The predicted octanol–water partition coefficient (Wildman–Crippen LogP) is 5.75. The summed E-state index contributed by atoms with van der Waals surface area (Å²) in [5.74, 6) is 0.891. The zero-order chi connectivity index (χ0) is 27.7.